The second kappa shape index (κ2) is 7.26. The first-order chi connectivity index (χ1) is 9.72. The minimum Gasteiger partial charge on any atom is -0.399 e. The number of ether oxygens (including phenoxy) is 2. The van der Waals surface area contributed by atoms with Gasteiger partial charge >= 0.3 is 0 Å². The largest absolute Gasteiger partial charge is 0.399 e. The van der Waals surface area contributed by atoms with Crippen molar-refractivity contribution in [2.75, 3.05) is 44.1 Å². The van der Waals surface area contributed by atoms with Gasteiger partial charge in [0.15, 0.2) is 0 Å². The van der Waals surface area contributed by atoms with Crippen molar-refractivity contribution in [3.63, 3.8) is 0 Å². The Morgan fingerprint density at radius 1 is 1.25 bits per heavy atom. The summed E-state index contributed by atoms with van der Waals surface area (Å²) in [6.07, 6.45) is 2.34. The molecule has 0 unspecified atom stereocenters. The predicted octanol–water partition coefficient (Wildman–Crippen LogP) is 1.60. The summed E-state index contributed by atoms with van der Waals surface area (Å²) in [6, 6.07) is 5.74. The number of aryl methyl sites for hydroxylation is 1. The lowest BCUT2D eigenvalue weighted by molar-refractivity contribution is -0.118. The van der Waals surface area contributed by atoms with Crippen LogP contribution in [0.15, 0.2) is 18.2 Å². The fourth-order valence-corrected chi connectivity index (χ4v) is 2.41. The molecular formula is C15H22N2O3. The molecule has 0 atom stereocenters. The van der Waals surface area contributed by atoms with Gasteiger partial charge in [-0.05, 0) is 36.6 Å². The number of carbonyl (C=O) groups is 1. The fourth-order valence-electron chi connectivity index (χ4n) is 2.41. The third kappa shape index (κ3) is 3.71. The average Bonchev–Trinajstić information content (AvgIpc) is 2.58. The molecule has 1 aromatic carbocycles. The maximum atomic E-state index is 12.2. The van der Waals surface area contributed by atoms with Crippen LogP contribution in [0.2, 0.25) is 0 Å². The summed E-state index contributed by atoms with van der Waals surface area (Å²) in [5.74, 6) is 0.156. The van der Waals surface area contributed by atoms with Crippen molar-refractivity contribution in [3.8, 4) is 0 Å². The van der Waals surface area contributed by atoms with Gasteiger partial charge in [0.2, 0.25) is 5.91 Å². The summed E-state index contributed by atoms with van der Waals surface area (Å²) in [4.78, 5) is 14.0. The van der Waals surface area contributed by atoms with Crippen molar-refractivity contribution >= 4 is 17.3 Å². The minimum absolute atomic E-state index is 0.156. The first-order valence-corrected chi connectivity index (χ1v) is 6.98. The van der Waals surface area contributed by atoms with Gasteiger partial charge in [-0.15, -0.1) is 0 Å². The highest BCUT2D eigenvalue weighted by atomic mass is 16.5. The quantitative estimate of drug-likeness (QED) is 0.634. The molecule has 1 aliphatic rings. The fraction of sp³-hybridized carbons (Fsp3) is 0.533. The highest BCUT2D eigenvalue weighted by Crippen LogP contribution is 2.28. The van der Waals surface area contributed by atoms with Crippen molar-refractivity contribution in [1.29, 1.82) is 0 Å². The average molecular weight is 278 g/mol. The lowest BCUT2D eigenvalue weighted by atomic mass is 10.1. The zero-order chi connectivity index (χ0) is 14.4. The Kier molecular flexibility index (Phi) is 5.38. The number of hydrogen-bond donors (Lipinski definition) is 1. The van der Waals surface area contributed by atoms with Crippen LogP contribution in [0.25, 0.3) is 0 Å². The van der Waals surface area contributed by atoms with Crippen LogP contribution < -0.4 is 10.6 Å². The zero-order valence-electron chi connectivity index (χ0n) is 11.9. The molecule has 0 aliphatic carbocycles. The molecule has 1 aromatic rings. The summed E-state index contributed by atoms with van der Waals surface area (Å²) in [6.45, 7) is 2.20. The Balaban J connectivity index is 2.04. The molecule has 1 amide bonds. The molecule has 0 saturated heterocycles. The van der Waals surface area contributed by atoms with Crippen molar-refractivity contribution < 1.29 is 14.3 Å². The number of nitrogens with zero attached hydrogens (tertiary/aromatic N) is 1. The molecule has 5 heteroatoms. The number of nitrogen functional groups attached to an aromatic ring is 1. The highest BCUT2D eigenvalue weighted by Gasteiger charge is 2.21. The lowest BCUT2D eigenvalue weighted by Gasteiger charge is -2.23. The summed E-state index contributed by atoms with van der Waals surface area (Å²) >= 11 is 0. The van der Waals surface area contributed by atoms with Crippen LogP contribution in [0.3, 0.4) is 0 Å². The molecule has 2 rings (SSSR count). The summed E-state index contributed by atoms with van der Waals surface area (Å²) in [5.41, 5.74) is 8.69. The standard InChI is InChI=1S/C15H22N2O3/c1-19-9-10-20-8-7-17-14-6-5-13(16)11-12(14)3-2-4-15(17)18/h5-6,11H,2-4,7-10,16H2,1H3. The normalized spacial score (nSPS) is 15.1. The van der Waals surface area contributed by atoms with Crippen LogP contribution in [0.1, 0.15) is 18.4 Å². The molecule has 20 heavy (non-hydrogen) atoms. The van der Waals surface area contributed by atoms with E-state index in [-0.39, 0.29) is 5.91 Å². The van der Waals surface area contributed by atoms with E-state index in [1.807, 2.05) is 23.1 Å². The van der Waals surface area contributed by atoms with Gasteiger partial charge in [0.05, 0.1) is 19.8 Å². The number of nitrogens with two attached hydrogens (primary N) is 1. The number of benzene rings is 1. The van der Waals surface area contributed by atoms with E-state index < -0.39 is 0 Å². The van der Waals surface area contributed by atoms with Gasteiger partial charge in [0, 0.05) is 31.5 Å². The van der Waals surface area contributed by atoms with E-state index in [2.05, 4.69) is 0 Å². The Morgan fingerprint density at radius 2 is 2.10 bits per heavy atom. The van der Waals surface area contributed by atoms with Crippen LogP contribution in [0.4, 0.5) is 11.4 Å². The smallest absolute Gasteiger partial charge is 0.227 e. The van der Waals surface area contributed by atoms with E-state index in [4.69, 9.17) is 15.2 Å². The molecule has 2 N–H and O–H groups in total. The molecule has 0 radical (unpaired) electrons. The van der Waals surface area contributed by atoms with E-state index >= 15 is 0 Å². The van der Waals surface area contributed by atoms with Crippen LogP contribution in [-0.2, 0) is 20.7 Å². The van der Waals surface area contributed by atoms with E-state index in [1.54, 1.807) is 7.11 Å². The minimum atomic E-state index is 0.156. The van der Waals surface area contributed by atoms with E-state index in [9.17, 15) is 4.79 Å². The van der Waals surface area contributed by atoms with Crippen LogP contribution in [0, 0.1) is 0 Å². The van der Waals surface area contributed by atoms with Gasteiger partial charge in [-0.25, -0.2) is 0 Å². The van der Waals surface area contributed by atoms with E-state index in [0.717, 1.165) is 29.8 Å². The number of anilines is 2. The Labute approximate surface area is 119 Å². The highest BCUT2D eigenvalue weighted by molar-refractivity contribution is 5.95. The van der Waals surface area contributed by atoms with Crippen molar-refractivity contribution in [3.05, 3.63) is 23.8 Å². The van der Waals surface area contributed by atoms with Crippen molar-refractivity contribution in [2.24, 2.45) is 0 Å². The Morgan fingerprint density at radius 3 is 2.90 bits per heavy atom. The third-order valence-electron chi connectivity index (χ3n) is 3.42. The molecule has 0 spiro atoms. The van der Waals surface area contributed by atoms with Crippen LogP contribution in [0.5, 0.6) is 0 Å². The first-order valence-electron chi connectivity index (χ1n) is 6.98. The number of hydrogen-bond acceptors (Lipinski definition) is 4. The molecule has 0 fully saturated rings. The molecule has 5 nitrogen and oxygen atoms in total. The number of rotatable bonds is 6. The second-order valence-corrected chi connectivity index (χ2v) is 4.89. The molecule has 0 saturated carbocycles. The molecule has 1 aliphatic heterocycles. The predicted molar refractivity (Wildman–Crippen MR) is 78.8 cm³/mol. The van der Waals surface area contributed by atoms with Crippen molar-refractivity contribution in [1.82, 2.24) is 0 Å². The summed E-state index contributed by atoms with van der Waals surface area (Å²) in [5, 5.41) is 0. The van der Waals surface area contributed by atoms with Gasteiger partial charge in [-0.2, -0.15) is 0 Å². The van der Waals surface area contributed by atoms with Gasteiger partial charge in [0.1, 0.15) is 0 Å². The number of methoxy groups -OCH3 is 1. The van der Waals surface area contributed by atoms with Crippen LogP contribution in [-0.4, -0.2) is 39.4 Å². The maximum Gasteiger partial charge on any atom is 0.227 e. The lowest BCUT2D eigenvalue weighted by Crippen LogP contribution is -2.33. The molecule has 0 aromatic heterocycles. The molecule has 0 bridgehead atoms. The monoisotopic (exact) mass is 278 g/mol. The van der Waals surface area contributed by atoms with Crippen molar-refractivity contribution in [2.45, 2.75) is 19.3 Å². The van der Waals surface area contributed by atoms with Gasteiger partial charge in [-0.1, -0.05) is 0 Å². The molecular weight excluding hydrogens is 256 g/mol. The van der Waals surface area contributed by atoms with Crippen LogP contribution >= 0.6 is 0 Å². The molecule has 1 heterocycles. The number of amides is 1. The maximum absolute atomic E-state index is 12.2. The summed E-state index contributed by atoms with van der Waals surface area (Å²) in [7, 11) is 1.64. The van der Waals surface area contributed by atoms with E-state index in [0.29, 0.717) is 32.8 Å². The summed E-state index contributed by atoms with van der Waals surface area (Å²) < 4.78 is 10.4. The number of carbonyl (C=O) groups excluding carboxylic acids is 1. The first kappa shape index (κ1) is 14.8. The van der Waals surface area contributed by atoms with E-state index in [1.165, 1.54) is 0 Å². The Bertz CT molecular complexity index is 462. The van der Waals surface area contributed by atoms with Gasteiger partial charge in [-0.3, -0.25) is 4.79 Å². The third-order valence-corrected chi connectivity index (χ3v) is 3.42. The second-order valence-electron chi connectivity index (χ2n) is 4.89. The topological polar surface area (TPSA) is 64.8 Å². The Hall–Kier alpha value is -1.59. The number of fused-ring (bicyclic) bond motifs is 1. The molecule has 110 valence electrons. The van der Waals surface area contributed by atoms with Gasteiger partial charge in [0.25, 0.3) is 0 Å². The van der Waals surface area contributed by atoms with Gasteiger partial charge < -0.3 is 20.1 Å². The SMILES string of the molecule is COCCOCCN1C(=O)CCCc2cc(N)ccc21. The zero-order valence-corrected chi connectivity index (χ0v) is 11.9.